The second-order valence-electron chi connectivity index (χ2n) is 3.19. The van der Waals surface area contributed by atoms with Crippen LogP contribution in [0.25, 0.3) is 0 Å². The van der Waals surface area contributed by atoms with Crippen LogP contribution < -0.4 is 5.84 Å². The number of quaternary nitrogens is 1. The van der Waals surface area contributed by atoms with Crippen LogP contribution in [0, 0.1) is 30.6 Å². The fourth-order valence-corrected chi connectivity index (χ4v) is 0.200. The van der Waals surface area contributed by atoms with E-state index < -0.39 is 20.7 Å². The van der Waals surface area contributed by atoms with Crippen LogP contribution in [0.4, 0.5) is 0 Å². The highest BCUT2D eigenvalue weighted by Crippen LogP contribution is 1.80. The zero-order valence-corrected chi connectivity index (χ0v) is 8.32. The van der Waals surface area contributed by atoms with Gasteiger partial charge in [-0.25, -0.2) is 20.2 Å². The monoisotopic (exact) mass is 225 g/mol. The number of hydrogen-bond donors (Lipinski definition) is 1. The van der Waals surface area contributed by atoms with Gasteiger partial charge in [-0.2, -0.15) is 5.84 Å². The van der Waals surface area contributed by atoms with E-state index in [2.05, 4.69) is 0 Å². The lowest BCUT2D eigenvalue weighted by atomic mass is 10.9. The maximum absolute atomic E-state index is 9.47. The molecular weight excluding hydrogens is 214 g/mol. The lowest BCUT2D eigenvalue weighted by Gasteiger charge is -2.12. The molecule has 0 radical (unpaired) electrons. The van der Waals surface area contributed by atoms with Crippen molar-refractivity contribution in [2.75, 3.05) is 21.1 Å². The van der Waals surface area contributed by atoms with Gasteiger partial charge in [-0.3, -0.25) is 4.59 Å². The Balaban J connectivity index is 0. The first-order valence-electron chi connectivity index (χ1n) is 3.37. The average molecular weight is 225 g/mol. The van der Waals surface area contributed by atoms with Gasteiger partial charge in [0.25, 0.3) is 0 Å². The highest BCUT2D eigenvalue weighted by Gasteiger charge is 2.37. The third-order valence-corrected chi connectivity index (χ3v) is 0.490. The summed E-state index contributed by atoms with van der Waals surface area (Å²) in [6.45, 7) is 0. The molecule has 0 aliphatic rings. The van der Waals surface area contributed by atoms with Crippen molar-refractivity contribution in [1.82, 2.24) is 0 Å². The Bertz CT molecular complexity index is 254. The van der Waals surface area contributed by atoms with Gasteiger partial charge >= 0.3 is 5.96 Å². The molecule has 0 amide bonds. The predicted octanol–water partition coefficient (Wildman–Crippen LogP) is -1.53. The van der Waals surface area contributed by atoms with Gasteiger partial charge in [0.05, 0.1) is 21.1 Å². The molecule has 0 aromatic rings. The summed E-state index contributed by atoms with van der Waals surface area (Å²) in [7, 11) is 5.71. The second kappa shape index (κ2) is 5.66. The van der Waals surface area contributed by atoms with Gasteiger partial charge in [-0.1, -0.05) is 0 Å². The van der Waals surface area contributed by atoms with Crippen molar-refractivity contribution < 1.29 is 19.3 Å². The molecule has 0 saturated carbocycles. The number of nitrogens with two attached hydrogens (primary N) is 1. The first-order chi connectivity index (χ1) is 6.46. The lowest BCUT2D eigenvalue weighted by Crippen LogP contribution is -2.41. The van der Waals surface area contributed by atoms with Gasteiger partial charge in [0.1, 0.15) is 0 Å². The largest absolute Gasteiger partial charge is 0.827 e. The van der Waals surface area contributed by atoms with Crippen molar-refractivity contribution in [3.05, 3.63) is 30.6 Å². The Morgan fingerprint density at radius 1 is 1.00 bits per heavy atom. The molecule has 0 aliphatic heterocycles. The summed E-state index contributed by atoms with van der Waals surface area (Å²) in [5, 5.41) is 37.9. The Morgan fingerprint density at radius 3 is 1.20 bits per heavy atom. The van der Waals surface area contributed by atoms with Gasteiger partial charge < -0.3 is 10.4 Å². The molecular formula is C4H11N5O6. The molecule has 0 spiro atoms. The van der Waals surface area contributed by atoms with Gasteiger partial charge in [0, 0.05) is 0 Å². The fraction of sp³-hybridized carbons (Fsp3) is 0.750. The smallest absolute Gasteiger partial charge is 0.602 e. The van der Waals surface area contributed by atoms with E-state index in [0.717, 1.165) is 0 Å². The number of nitro groups is 2. The molecule has 0 saturated heterocycles. The van der Waals surface area contributed by atoms with E-state index in [1.807, 2.05) is 21.1 Å². The summed E-state index contributed by atoms with van der Waals surface area (Å²) in [4.78, 5) is 13.9. The molecule has 2 N–H and O–H groups in total. The van der Waals surface area contributed by atoms with Crippen molar-refractivity contribution in [1.29, 1.82) is 0 Å². The number of guanidine groups is 1. The van der Waals surface area contributed by atoms with Crippen molar-refractivity contribution in [2.24, 2.45) is 5.84 Å². The molecule has 11 nitrogen and oxygen atoms in total. The van der Waals surface area contributed by atoms with Crippen LogP contribution in [0.15, 0.2) is 0 Å². The Kier molecular flexibility index (Phi) is 5.84. The molecule has 0 atom stereocenters. The van der Waals surface area contributed by atoms with Crippen LogP contribution >= 0.6 is 0 Å². The van der Waals surface area contributed by atoms with E-state index in [1.54, 1.807) is 0 Å². The number of nitrogens with zero attached hydrogens (tertiary/aromatic N) is 4. The molecule has 0 fully saturated rings. The van der Waals surface area contributed by atoms with Crippen LogP contribution in [0.3, 0.4) is 0 Å². The van der Waals surface area contributed by atoms with Crippen molar-refractivity contribution in [3.8, 4) is 0 Å². The lowest BCUT2D eigenvalue weighted by molar-refractivity contribution is -0.882. The fourth-order valence-electron chi connectivity index (χ4n) is 0.200. The van der Waals surface area contributed by atoms with E-state index in [1.165, 1.54) is 0 Å². The number of hydrogen-bond acceptors (Lipinski definition) is 7. The summed E-state index contributed by atoms with van der Waals surface area (Å²) in [6, 6.07) is 0. The van der Waals surface area contributed by atoms with E-state index in [0.29, 0.717) is 4.59 Å². The summed E-state index contributed by atoms with van der Waals surface area (Å²) >= 11 is 0. The van der Waals surface area contributed by atoms with Gasteiger partial charge in [0.15, 0.2) is 0 Å². The molecule has 0 unspecified atom stereocenters. The Hall–Kier alpha value is -2.01. The normalized spacial score (nSPS) is 9.60. The summed E-state index contributed by atoms with van der Waals surface area (Å²) in [5.74, 6) is 3.15. The van der Waals surface area contributed by atoms with Gasteiger partial charge in [-0.15, -0.1) is 0 Å². The molecule has 15 heavy (non-hydrogen) atoms. The highest BCUT2D eigenvalue weighted by atomic mass is 16.8. The maximum atomic E-state index is 9.47. The van der Waals surface area contributed by atoms with Crippen molar-refractivity contribution in [3.63, 3.8) is 0 Å². The van der Waals surface area contributed by atoms with Crippen molar-refractivity contribution >= 4 is 5.96 Å². The second-order valence-corrected chi connectivity index (χ2v) is 3.19. The van der Waals surface area contributed by atoms with Crippen molar-refractivity contribution in [2.45, 2.75) is 0 Å². The first kappa shape index (κ1) is 15.5. The number of rotatable bonds is 0. The molecule has 11 heteroatoms. The van der Waals surface area contributed by atoms with Crippen LogP contribution in [0.1, 0.15) is 0 Å². The van der Waals surface area contributed by atoms with E-state index in [-0.39, 0.29) is 0 Å². The maximum Gasteiger partial charge on any atom is 0.827 e. The third-order valence-electron chi connectivity index (χ3n) is 0.490. The molecule has 0 aromatic carbocycles. The van der Waals surface area contributed by atoms with Gasteiger partial charge in [0.2, 0.25) is 9.85 Å². The molecule has 88 valence electrons. The molecule has 0 aliphatic carbocycles. The van der Waals surface area contributed by atoms with E-state index in [9.17, 15) is 30.6 Å². The minimum Gasteiger partial charge on any atom is -0.602 e. The molecule has 0 rings (SSSR count). The quantitative estimate of drug-likeness (QED) is 0.0993. The third kappa shape index (κ3) is 12.0. The predicted molar refractivity (Wildman–Crippen MR) is 48.2 cm³/mol. The Labute approximate surface area is 84.0 Å². The van der Waals surface area contributed by atoms with E-state index in [4.69, 9.17) is 5.84 Å². The summed E-state index contributed by atoms with van der Waals surface area (Å²) < 4.78 is 0.500. The zero-order chi connectivity index (χ0) is 12.8. The minimum absolute atomic E-state index is 0.500. The topological polar surface area (TPSA) is 161 Å². The standard InChI is InChI=1S/C3H11N2.CN3O6/c1-5(2,3)4;5-2(6)1(3(7)8)4(9)10/h4H2,1-3H3;/q+1;-1. The summed E-state index contributed by atoms with van der Waals surface area (Å²) in [6.07, 6.45) is 0. The molecule has 0 bridgehead atoms. The Morgan fingerprint density at radius 2 is 1.20 bits per heavy atom. The SMILES string of the molecule is C[N+](C)(C)N.O=[N+]([O-])C([N+](=O)[O-])=[N+]([O-])[O-]. The molecule has 0 aromatic heterocycles. The van der Waals surface area contributed by atoms with Crippen LogP contribution in [-0.4, -0.2) is 46.4 Å². The van der Waals surface area contributed by atoms with Crippen LogP contribution in [-0.2, 0) is 0 Å². The molecule has 0 heterocycles. The highest BCUT2D eigenvalue weighted by molar-refractivity contribution is 5.56. The first-order valence-corrected chi connectivity index (χ1v) is 3.37. The van der Waals surface area contributed by atoms with Crippen LogP contribution in [0.5, 0.6) is 0 Å². The zero-order valence-electron chi connectivity index (χ0n) is 8.32. The average Bonchev–Trinajstić information content (AvgIpc) is 1.77. The minimum atomic E-state index is -2.14. The summed E-state index contributed by atoms with van der Waals surface area (Å²) in [5.41, 5.74) is 0. The van der Waals surface area contributed by atoms with Gasteiger partial charge in [-0.05, 0) is 4.90 Å². The van der Waals surface area contributed by atoms with E-state index >= 15 is 0 Å². The van der Waals surface area contributed by atoms with Crippen LogP contribution in [0.2, 0.25) is 0 Å².